The van der Waals surface area contributed by atoms with E-state index < -0.39 is 12.4 Å². The van der Waals surface area contributed by atoms with Gasteiger partial charge in [-0.1, -0.05) is 6.07 Å². The van der Waals surface area contributed by atoms with Crippen LogP contribution in [0.25, 0.3) is 0 Å². The normalized spacial score (nSPS) is 10.7. The Bertz CT molecular complexity index is 813. The quantitative estimate of drug-likeness (QED) is 0.731. The summed E-state index contributed by atoms with van der Waals surface area (Å²) in [6, 6.07) is 8.70. The molecule has 0 aliphatic heterocycles. The number of hydrogen-bond donors (Lipinski definition) is 0. The molecular weight excluding hydrogens is 361 g/mol. The van der Waals surface area contributed by atoms with Gasteiger partial charge in [-0.15, -0.1) is 0 Å². The fraction of sp³-hybridized carbons (Fsp3) is 0.316. The van der Waals surface area contributed by atoms with Crippen molar-refractivity contribution in [2.45, 2.75) is 13.2 Å². The highest BCUT2D eigenvalue weighted by Gasteiger charge is 2.17. The molecule has 0 aromatic heterocycles. The van der Waals surface area contributed by atoms with Gasteiger partial charge < -0.3 is 19.3 Å². The monoisotopic (exact) mass is 382 g/mol. The van der Waals surface area contributed by atoms with Gasteiger partial charge in [0, 0.05) is 33.3 Å². The van der Waals surface area contributed by atoms with Crippen LogP contribution < -0.4 is 14.4 Å². The van der Waals surface area contributed by atoms with Crippen molar-refractivity contribution in [3.05, 3.63) is 53.3 Å². The van der Waals surface area contributed by atoms with Crippen LogP contribution >= 0.6 is 0 Å². The van der Waals surface area contributed by atoms with Gasteiger partial charge in [0.1, 0.15) is 5.82 Å². The van der Waals surface area contributed by atoms with Crippen molar-refractivity contribution in [1.29, 1.82) is 0 Å². The number of methoxy groups -OCH3 is 1. The SMILES string of the molecule is COc1cc(CN(C)C(=O)c2ccc(N(C)C)c(F)c2)ccc1OC(F)F. The maximum absolute atomic E-state index is 14.1. The lowest BCUT2D eigenvalue weighted by atomic mass is 10.1. The Hall–Kier alpha value is -2.90. The maximum Gasteiger partial charge on any atom is 0.387 e. The van der Waals surface area contributed by atoms with Crippen LogP contribution in [0.15, 0.2) is 36.4 Å². The Morgan fingerprint density at radius 3 is 2.33 bits per heavy atom. The van der Waals surface area contributed by atoms with E-state index >= 15 is 0 Å². The number of benzene rings is 2. The molecule has 2 rings (SSSR count). The molecule has 0 N–H and O–H groups in total. The van der Waals surface area contributed by atoms with Crippen LogP contribution in [0.2, 0.25) is 0 Å². The lowest BCUT2D eigenvalue weighted by Gasteiger charge is -2.20. The lowest BCUT2D eigenvalue weighted by Crippen LogP contribution is -2.26. The summed E-state index contributed by atoms with van der Waals surface area (Å²) in [5, 5.41) is 0. The largest absolute Gasteiger partial charge is 0.493 e. The van der Waals surface area contributed by atoms with Crippen LogP contribution in [0.5, 0.6) is 11.5 Å². The topological polar surface area (TPSA) is 42.0 Å². The molecule has 0 heterocycles. The first kappa shape index (κ1) is 20.4. The fourth-order valence-electron chi connectivity index (χ4n) is 2.57. The Morgan fingerprint density at radius 1 is 1.07 bits per heavy atom. The summed E-state index contributed by atoms with van der Waals surface area (Å²) in [5.74, 6) is -0.817. The van der Waals surface area contributed by atoms with Gasteiger partial charge in [0.25, 0.3) is 5.91 Å². The van der Waals surface area contributed by atoms with Crippen molar-refractivity contribution in [3.8, 4) is 11.5 Å². The molecule has 2 aromatic carbocycles. The highest BCUT2D eigenvalue weighted by molar-refractivity contribution is 5.94. The molecule has 8 heteroatoms. The van der Waals surface area contributed by atoms with E-state index in [-0.39, 0.29) is 29.5 Å². The summed E-state index contributed by atoms with van der Waals surface area (Å²) in [4.78, 5) is 15.5. The molecule has 2 aromatic rings. The van der Waals surface area contributed by atoms with E-state index in [1.165, 1.54) is 36.3 Å². The number of anilines is 1. The van der Waals surface area contributed by atoms with Crippen LogP contribution in [-0.2, 0) is 6.54 Å². The van der Waals surface area contributed by atoms with E-state index in [2.05, 4.69) is 4.74 Å². The molecular formula is C19H21F3N2O3. The first-order chi connectivity index (χ1) is 12.7. The van der Waals surface area contributed by atoms with Crippen molar-refractivity contribution in [3.63, 3.8) is 0 Å². The van der Waals surface area contributed by atoms with Gasteiger partial charge in [-0.25, -0.2) is 4.39 Å². The van der Waals surface area contributed by atoms with Gasteiger partial charge in [-0.3, -0.25) is 4.79 Å². The summed E-state index contributed by atoms with van der Waals surface area (Å²) >= 11 is 0. The zero-order valence-corrected chi connectivity index (χ0v) is 15.5. The lowest BCUT2D eigenvalue weighted by molar-refractivity contribution is -0.0512. The Balaban J connectivity index is 2.15. The molecule has 0 saturated heterocycles. The standard InChI is InChI=1S/C19H21F3N2O3/c1-23(2)15-7-6-13(10-14(15)20)18(25)24(3)11-12-5-8-16(27-19(21)22)17(9-12)26-4/h5-10,19H,11H2,1-4H3. The summed E-state index contributed by atoms with van der Waals surface area (Å²) in [6.45, 7) is -2.78. The highest BCUT2D eigenvalue weighted by Crippen LogP contribution is 2.30. The predicted octanol–water partition coefficient (Wildman–Crippen LogP) is 3.77. The number of alkyl halides is 2. The second-order valence-corrected chi connectivity index (χ2v) is 6.09. The van der Waals surface area contributed by atoms with E-state index in [1.54, 1.807) is 38.2 Å². The van der Waals surface area contributed by atoms with Crippen molar-refractivity contribution >= 4 is 11.6 Å². The molecule has 146 valence electrons. The van der Waals surface area contributed by atoms with E-state index in [1.807, 2.05) is 0 Å². The highest BCUT2D eigenvalue weighted by atomic mass is 19.3. The third-order valence-corrected chi connectivity index (χ3v) is 3.89. The van der Waals surface area contributed by atoms with Crippen molar-refractivity contribution < 1.29 is 27.4 Å². The van der Waals surface area contributed by atoms with Crippen LogP contribution in [0, 0.1) is 5.82 Å². The second kappa shape index (κ2) is 8.66. The van der Waals surface area contributed by atoms with Crippen molar-refractivity contribution in [2.24, 2.45) is 0 Å². The third-order valence-electron chi connectivity index (χ3n) is 3.89. The van der Waals surface area contributed by atoms with Crippen LogP contribution in [0.1, 0.15) is 15.9 Å². The fourth-order valence-corrected chi connectivity index (χ4v) is 2.57. The molecule has 0 aliphatic carbocycles. The minimum absolute atomic E-state index is 0.0911. The van der Waals surface area contributed by atoms with Gasteiger partial charge >= 0.3 is 6.61 Å². The summed E-state index contributed by atoms with van der Waals surface area (Å²) in [6.07, 6.45) is 0. The molecule has 0 unspecified atom stereocenters. The average Bonchev–Trinajstić information content (AvgIpc) is 2.61. The summed E-state index contributed by atoms with van der Waals surface area (Å²) in [5.41, 5.74) is 1.24. The van der Waals surface area contributed by atoms with Crippen LogP contribution in [-0.4, -0.2) is 45.7 Å². The molecule has 0 bridgehead atoms. The van der Waals surface area contributed by atoms with Crippen molar-refractivity contribution in [1.82, 2.24) is 4.90 Å². The molecule has 0 radical (unpaired) electrons. The predicted molar refractivity (Wildman–Crippen MR) is 96.2 cm³/mol. The molecule has 0 atom stereocenters. The van der Waals surface area contributed by atoms with Crippen molar-refractivity contribution in [2.75, 3.05) is 33.2 Å². The Labute approximate surface area is 155 Å². The van der Waals surface area contributed by atoms with Gasteiger partial charge in [-0.2, -0.15) is 8.78 Å². The van der Waals surface area contributed by atoms with E-state index in [9.17, 15) is 18.0 Å². The average molecular weight is 382 g/mol. The number of halogens is 3. The Kier molecular flexibility index (Phi) is 6.55. The minimum Gasteiger partial charge on any atom is -0.493 e. The maximum atomic E-state index is 14.1. The summed E-state index contributed by atoms with van der Waals surface area (Å²) < 4.78 is 48.3. The second-order valence-electron chi connectivity index (χ2n) is 6.09. The Morgan fingerprint density at radius 2 is 1.78 bits per heavy atom. The summed E-state index contributed by atoms with van der Waals surface area (Å²) in [7, 11) is 6.32. The number of rotatable bonds is 7. The first-order valence-electron chi connectivity index (χ1n) is 8.07. The molecule has 0 saturated carbocycles. The van der Waals surface area contributed by atoms with E-state index in [0.717, 1.165) is 0 Å². The molecule has 0 aliphatic rings. The molecule has 27 heavy (non-hydrogen) atoms. The smallest absolute Gasteiger partial charge is 0.387 e. The van der Waals surface area contributed by atoms with E-state index in [0.29, 0.717) is 11.3 Å². The van der Waals surface area contributed by atoms with Crippen LogP contribution in [0.4, 0.5) is 18.9 Å². The molecule has 1 amide bonds. The zero-order valence-electron chi connectivity index (χ0n) is 15.5. The number of carbonyl (C=O) groups is 1. The number of carbonyl (C=O) groups excluding carboxylic acids is 1. The van der Waals surface area contributed by atoms with E-state index in [4.69, 9.17) is 4.74 Å². The number of nitrogens with zero attached hydrogens (tertiary/aromatic N) is 2. The third kappa shape index (κ3) is 5.06. The van der Waals surface area contributed by atoms with Gasteiger partial charge in [0.15, 0.2) is 11.5 Å². The minimum atomic E-state index is -2.96. The molecule has 0 spiro atoms. The molecule has 0 fully saturated rings. The van der Waals surface area contributed by atoms with Gasteiger partial charge in [0.2, 0.25) is 0 Å². The zero-order chi connectivity index (χ0) is 20.1. The number of hydrogen-bond acceptors (Lipinski definition) is 4. The van der Waals surface area contributed by atoms with Crippen LogP contribution in [0.3, 0.4) is 0 Å². The van der Waals surface area contributed by atoms with Gasteiger partial charge in [-0.05, 0) is 35.9 Å². The van der Waals surface area contributed by atoms with Gasteiger partial charge in [0.05, 0.1) is 12.8 Å². The molecule has 5 nitrogen and oxygen atoms in total. The number of ether oxygens (including phenoxy) is 2. The first-order valence-corrected chi connectivity index (χ1v) is 8.07. The number of amides is 1.